The van der Waals surface area contributed by atoms with Gasteiger partial charge < -0.3 is 10.2 Å². The van der Waals surface area contributed by atoms with Crippen LogP contribution in [0.25, 0.3) is 0 Å². The second-order valence-electron chi connectivity index (χ2n) is 2.46. The number of carboxylic acids is 1. The molecule has 1 rings (SSSR count). The van der Waals surface area contributed by atoms with Gasteiger partial charge in [0.25, 0.3) is 0 Å². The third-order valence-corrected chi connectivity index (χ3v) is 1.63. The molecule has 0 aromatic heterocycles. The highest BCUT2D eigenvalue weighted by Crippen LogP contribution is 2.18. The molecule has 0 radical (unpaired) electrons. The topological polar surface area (TPSA) is 74.6 Å². The van der Waals surface area contributed by atoms with E-state index in [0.29, 0.717) is 0 Å². The Labute approximate surface area is 63.1 Å². The minimum Gasteiger partial charge on any atom is -0.481 e. The van der Waals surface area contributed by atoms with Gasteiger partial charge in [-0.25, -0.2) is 0 Å². The van der Waals surface area contributed by atoms with Gasteiger partial charge in [0.05, 0.1) is 18.4 Å². The lowest BCUT2D eigenvalue weighted by Gasteiger charge is -2.08. The highest BCUT2D eigenvalue weighted by atomic mass is 16.4. The van der Waals surface area contributed by atoms with E-state index in [2.05, 4.69) is 0 Å². The second kappa shape index (κ2) is 2.84. The van der Waals surface area contributed by atoms with E-state index in [1.165, 1.54) is 12.2 Å². The van der Waals surface area contributed by atoms with Crippen molar-refractivity contribution in [2.75, 3.05) is 0 Å². The maximum atomic E-state index is 10.8. The lowest BCUT2D eigenvalue weighted by Crippen LogP contribution is -2.22. The number of aliphatic hydroxyl groups is 1. The summed E-state index contributed by atoms with van der Waals surface area (Å²) in [6.45, 7) is 0. The molecule has 0 aromatic carbocycles. The molecule has 60 valence electrons. The number of rotatable bonds is 2. The van der Waals surface area contributed by atoms with Crippen LogP contribution >= 0.6 is 0 Å². The third kappa shape index (κ3) is 1.65. The first-order valence-corrected chi connectivity index (χ1v) is 3.23. The van der Waals surface area contributed by atoms with Crippen molar-refractivity contribution in [2.24, 2.45) is 5.92 Å². The van der Waals surface area contributed by atoms with Crippen molar-refractivity contribution in [3.8, 4) is 0 Å². The number of hydrogen-bond acceptors (Lipinski definition) is 3. The molecule has 1 aliphatic rings. The smallest absolute Gasteiger partial charge is 0.304 e. The molecular weight excluding hydrogens is 148 g/mol. The average Bonchev–Trinajstić information content (AvgIpc) is 2.18. The standard InChI is InChI=1S/C7H8O4/c8-5-1-2-6(9)4(5)3-7(10)11/h1-2,4-5,8H,3H2,(H,10,11)/t4-,5+/m0/s1. The summed E-state index contributed by atoms with van der Waals surface area (Å²) >= 11 is 0. The summed E-state index contributed by atoms with van der Waals surface area (Å²) in [6.07, 6.45) is 1.32. The molecule has 0 aliphatic heterocycles. The van der Waals surface area contributed by atoms with E-state index in [-0.39, 0.29) is 12.2 Å². The molecule has 11 heavy (non-hydrogen) atoms. The monoisotopic (exact) mass is 156 g/mol. The zero-order valence-electron chi connectivity index (χ0n) is 5.73. The first-order valence-electron chi connectivity index (χ1n) is 3.23. The van der Waals surface area contributed by atoms with Crippen LogP contribution in [0.15, 0.2) is 12.2 Å². The SMILES string of the molecule is O=C(O)C[C@@H]1C(=O)C=C[C@H]1O. The fourth-order valence-electron chi connectivity index (χ4n) is 1.03. The minimum atomic E-state index is -1.06. The van der Waals surface area contributed by atoms with Crippen molar-refractivity contribution >= 4 is 11.8 Å². The van der Waals surface area contributed by atoms with E-state index in [9.17, 15) is 9.59 Å². The van der Waals surface area contributed by atoms with Crippen molar-refractivity contribution in [2.45, 2.75) is 12.5 Å². The van der Waals surface area contributed by atoms with Crippen molar-refractivity contribution in [3.63, 3.8) is 0 Å². The quantitative estimate of drug-likeness (QED) is 0.569. The zero-order valence-corrected chi connectivity index (χ0v) is 5.73. The van der Waals surface area contributed by atoms with Gasteiger partial charge in [-0.1, -0.05) is 6.08 Å². The Morgan fingerprint density at radius 2 is 2.27 bits per heavy atom. The summed E-state index contributed by atoms with van der Waals surface area (Å²) in [7, 11) is 0. The van der Waals surface area contributed by atoms with Crippen LogP contribution in [0.2, 0.25) is 0 Å². The fraction of sp³-hybridized carbons (Fsp3) is 0.429. The predicted octanol–water partition coefficient (Wildman–Crippen LogP) is -0.423. The summed E-state index contributed by atoms with van der Waals surface area (Å²) in [4.78, 5) is 21.0. The van der Waals surface area contributed by atoms with E-state index in [4.69, 9.17) is 10.2 Å². The van der Waals surface area contributed by atoms with Crippen LogP contribution in [-0.4, -0.2) is 28.1 Å². The zero-order chi connectivity index (χ0) is 8.43. The molecule has 0 spiro atoms. The molecule has 4 nitrogen and oxygen atoms in total. The van der Waals surface area contributed by atoms with Crippen LogP contribution in [0.4, 0.5) is 0 Å². The van der Waals surface area contributed by atoms with Crippen molar-refractivity contribution in [1.82, 2.24) is 0 Å². The number of carbonyl (C=O) groups excluding carboxylic acids is 1. The molecule has 0 amide bonds. The normalized spacial score (nSPS) is 29.4. The van der Waals surface area contributed by atoms with Gasteiger partial charge in [-0.2, -0.15) is 0 Å². The molecule has 1 aliphatic carbocycles. The van der Waals surface area contributed by atoms with Gasteiger partial charge >= 0.3 is 5.97 Å². The molecule has 4 heteroatoms. The van der Waals surface area contributed by atoms with Crippen LogP contribution in [-0.2, 0) is 9.59 Å². The lowest BCUT2D eigenvalue weighted by molar-refractivity contribution is -0.141. The molecule has 0 unspecified atom stereocenters. The fourth-order valence-corrected chi connectivity index (χ4v) is 1.03. The Morgan fingerprint density at radius 1 is 1.64 bits per heavy atom. The molecular formula is C7H8O4. The van der Waals surface area contributed by atoms with Crippen molar-refractivity contribution in [1.29, 1.82) is 0 Å². The summed E-state index contributed by atoms with van der Waals surface area (Å²) in [5.41, 5.74) is 0. The molecule has 2 atom stereocenters. The molecule has 2 N–H and O–H groups in total. The Bertz CT molecular complexity index is 218. The molecule has 0 saturated heterocycles. The number of aliphatic carboxylic acids is 1. The van der Waals surface area contributed by atoms with Crippen LogP contribution < -0.4 is 0 Å². The van der Waals surface area contributed by atoms with Gasteiger partial charge in [-0.15, -0.1) is 0 Å². The molecule has 0 bridgehead atoms. The van der Waals surface area contributed by atoms with Gasteiger partial charge in [0.15, 0.2) is 5.78 Å². The van der Waals surface area contributed by atoms with E-state index < -0.39 is 18.0 Å². The average molecular weight is 156 g/mol. The molecule has 0 saturated carbocycles. The first kappa shape index (κ1) is 7.94. The van der Waals surface area contributed by atoms with Crippen LogP contribution in [0, 0.1) is 5.92 Å². The summed E-state index contributed by atoms with van der Waals surface area (Å²) in [5.74, 6) is -2.14. The van der Waals surface area contributed by atoms with Gasteiger partial charge in [-0.3, -0.25) is 9.59 Å². The Morgan fingerprint density at radius 3 is 2.64 bits per heavy atom. The minimum absolute atomic E-state index is 0.299. The van der Waals surface area contributed by atoms with E-state index in [1.54, 1.807) is 0 Å². The molecule has 0 aromatic rings. The van der Waals surface area contributed by atoms with Gasteiger partial charge in [0, 0.05) is 0 Å². The Kier molecular flexibility index (Phi) is 2.05. The number of ketones is 1. The number of allylic oxidation sites excluding steroid dienone is 1. The number of carboxylic acid groups (broad SMARTS) is 1. The van der Waals surface area contributed by atoms with Crippen LogP contribution in [0.5, 0.6) is 0 Å². The Hall–Kier alpha value is -1.16. The maximum absolute atomic E-state index is 10.8. The highest BCUT2D eigenvalue weighted by Gasteiger charge is 2.30. The number of hydrogen-bond donors (Lipinski definition) is 2. The van der Waals surface area contributed by atoms with E-state index in [0.717, 1.165) is 0 Å². The van der Waals surface area contributed by atoms with E-state index >= 15 is 0 Å². The number of aliphatic hydroxyl groups excluding tert-OH is 1. The molecule has 0 fully saturated rings. The number of carbonyl (C=O) groups is 2. The highest BCUT2D eigenvalue weighted by molar-refractivity contribution is 5.96. The predicted molar refractivity (Wildman–Crippen MR) is 35.9 cm³/mol. The largest absolute Gasteiger partial charge is 0.481 e. The van der Waals surface area contributed by atoms with E-state index in [1.807, 2.05) is 0 Å². The Balaban J connectivity index is 2.59. The first-order chi connectivity index (χ1) is 5.11. The lowest BCUT2D eigenvalue weighted by atomic mass is 10.0. The van der Waals surface area contributed by atoms with Crippen molar-refractivity contribution < 1.29 is 19.8 Å². The van der Waals surface area contributed by atoms with Crippen LogP contribution in [0.3, 0.4) is 0 Å². The maximum Gasteiger partial charge on any atom is 0.304 e. The van der Waals surface area contributed by atoms with Crippen molar-refractivity contribution in [3.05, 3.63) is 12.2 Å². The second-order valence-corrected chi connectivity index (χ2v) is 2.46. The summed E-state index contributed by atoms with van der Waals surface area (Å²) in [6, 6.07) is 0. The third-order valence-electron chi connectivity index (χ3n) is 1.63. The van der Waals surface area contributed by atoms with Gasteiger partial charge in [-0.05, 0) is 6.08 Å². The summed E-state index contributed by atoms with van der Waals surface area (Å²) < 4.78 is 0. The van der Waals surface area contributed by atoms with Gasteiger partial charge in [0.2, 0.25) is 0 Å². The molecule has 0 heterocycles. The van der Waals surface area contributed by atoms with Crippen LogP contribution in [0.1, 0.15) is 6.42 Å². The van der Waals surface area contributed by atoms with Gasteiger partial charge in [0.1, 0.15) is 0 Å². The summed E-state index contributed by atoms with van der Waals surface area (Å²) in [5, 5.41) is 17.4.